The van der Waals surface area contributed by atoms with Crippen molar-refractivity contribution in [3.8, 4) is 0 Å². The molecule has 3 aromatic carbocycles. The van der Waals surface area contributed by atoms with Crippen molar-refractivity contribution in [1.29, 1.82) is 0 Å². The highest BCUT2D eigenvalue weighted by atomic mass is 32.2. The summed E-state index contributed by atoms with van der Waals surface area (Å²) in [5.74, 6) is -0.350. The quantitative estimate of drug-likeness (QED) is 0.382. The molecule has 1 amide bonds. The topological polar surface area (TPSA) is 88.2 Å². The molecule has 0 aliphatic rings. The summed E-state index contributed by atoms with van der Waals surface area (Å²) >= 11 is 0. The first-order valence-corrected chi connectivity index (χ1v) is 12.2. The number of hydrogen-bond donors (Lipinski definition) is 2. The summed E-state index contributed by atoms with van der Waals surface area (Å²) in [6.07, 6.45) is 2.25. The maximum absolute atomic E-state index is 13.2. The molecule has 1 aromatic heterocycles. The number of fused-ring (bicyclic) bond motifs is 1. The van der Waals surface area contributed by atoms with Crippen LogP contribution >= 0.6 is 0 Å². The molecular weight excluding hydrogens is 434 g/mol. The number of aryl methyl sites for hydroxylation is 1. The maximum atomic E-state index is 13.2. The van der Waals surface area contributed by atoms with E-state index in [0.717, 1.165) is 16.5 Å². The van der Waals surface area contributed by atoms with Gasteiger partial charge in [0.25, 0.3) is 15.9 Å². The predicted octanol–water partition coefficient (Wildman–Crippen LogP) is 5.47. The van der Waals surface area contributed by atoms with Gasteiger partial charge >= 0.3 is 0 Å². The molecule has 170 valence electrons. The molecule has 0 aliphatic carbocycles. The zero-order valence-corrected chi connectivity index (χ0v) is 19.3. The van der Waals surface area contributed by atoms with Crippen molar-refractivity contribution in [2.75, 3.05) is 4.72 Å². The first-order valence-electron chi connectivity index (χ1n) is 10.7. The van der Waals surface area contributed by atoms with E-state index in [4.69, 9.17) is 0 Å². The molecule has 1 unspecified atom stereocenters. The van der Waals surface area contributed by atoms with E-state index >= 15 is 0 Å². The summed E-state index contributed by atoms with van der Waals surface area (Å²) in [7, 11) is -3.98. The Labute approximate surface area is 195 Å². The van der Waals surface area contributed by atoms with Gasteiger partial charge in [-0.3, -0.25) is 14.5 Å². The number of hydrogen-bond acceptors (Lipinski definition) is 4. The molecule has 0 saturated carbocycles. The molecule has 1 atom stereocenters. The van der Waals surface area contributed by atoms with Crippen LogP contribution in [0.2, 0.25) is 0 Å². The minimum atomic E-state index is -3.98. The summed E-state index contributed by atoms with van der Waals surface area (Å²) in [5.41, 5.74) is 2.97. The largest absolute Gasteiger partial charge is 0.345 e. The zero-order valence-electron chi connectivity index (χ0n) is 18.4. The van der Waals surface area contributed by atoms with E-state index in [0.29, 0.717) is 11.9 Å². The lowest BCUT2D eigenvalue weighted by Crippen LogP contribution is -2.29. The monoisotopic (exact) mass is 461 g/mol. The van der Waals surface area contributed by atoms with Crippen molar-refractivity contribution in [2.24, 2.45) is 0 Å². The molecule has 6 nitrogen and oxygen atoms in total. The molecule has 0 fully saturated rings. The first-order chi connectivity index (χ1) is 15.9. The molecule has 33 heavy (non-hydrogen) atoms. The van der Waals surface area contributed by atoms with Gasteiger partial charge in [-0.05, 0) is 43.2 Å². The Bertz CT molecular complexity index is 1400. The van der Waals surface area contributed by atoms with Gasteiger partial charge in [-0.15, -0.1) is 0 Å². The Morgan fingerprint density at radius 1 is 0.970 bits per heavy atom. The van der Waals surface area contributed by atoms with Crippen LogP contribution in [0.25, 0.3) is 10.9 Å². The van der Waals surface area contributed by atoms with Crippen molar-refractivity contribution in [1.82, 2.24) is 10.3 Å². The second-order valence-electron chi connectivity index (χ2n) is 7.83. The fourth-order valence-corrected chi connectivity index (χ4v) is 4.98. The summed E-state index contributed by atoms with van der Waals surface area (Å²) in [4.78, 5) is 17.4. The van der Waals surface area contributed by atoms with E-state index in [1.807, 2.05) is 38.1 Å². The van der Waals surface area contributed by atoms with E-state index in [1.165, 1.54) is 6.07 Å². The third-order valence-electron chi connectivity index (χ3n) is 5.49. The average Bonchev–Trinajstić information content (AvgIpc) is 2.82. The standard InChI is InChI=1S/C26H25N3O3S.H2/c1-3-22(19-15-13-18(2)14-16-19)28-26(30)21-10-4-5-11-23(21)29-33(31,32)24-12-6-8-20-9-7-17-27-25(20)24;/h4-17,22,29H,3H2,1-2H3,(H,28,30);1H. The Morgan fingerprint density at radius 3 is 2.45 bits per heavy atom. The van der Waals surface area contributed by atoms with Crippen molar-refractivity contribution < 1.29 is 14.6 Å². The highest BCUT2D eigenvalue weighted by molar-refractivity contribution is 7.93. The summed E-state index contributed by atoms with van der Waals surface area (Å²) in [5, 5.41) is 3.75. The van der Waals surface area contributed by atoms with Crippen LogP contribution in [0, 0.1) is 6.92 Å². The van der Waals surface area contributed by atoms with E-state index in [1.54, 1.807) is 54.7 Å². The van der Waals surface area contributed by atoms with Crippen molar-refractivity contribution in [2.45, 2.75) is 31.2 Å². The molecule has 1 heterocycles. The van der Waals surface area contributed by atoms with Crippen molar-refractivity contribution in [3.05, 3.63) is 102 Å². The molecule has 0 aliphatic heterocycles. The first kappa shape index (κ1) is 22.5. The van der Waals surface area contributed by atoms with E-state index < -0.39 is 10.0 Å². The normalized spacial score (nSPS) is 12.3. The molecule has 4 aromatic rings. The van der Waals surface area contributed by atoms with E-state index in [9.17, 15) is 13.2 Å². The van der Waals surface area contributed by atoms with Crippen LogP contribution in [0.4, 0.5) is 5.69 Å². The van der Waals surface area contributed by atoms with Gasteiger partial charge in [-0.25, -0.2) is 8.42 Å². The fourth-order valence-electron chi connectivity index (χ4n) is 3.72. The van der Waals surface area contributed by atoms with Gasteiger partial charge in [0.15, 0.2) is 0 Å². The number of amides is 1. The second-order valence-corrected chi connectivity index (χ2v) is 9.48. The Morgan fingerprint density at radius 2 is 1.70 bits per heavy atom. The van der Waals surface area contributed by atoms with Crippen molar-refractivity contribution >= 4 is 32.5 Å². The summed E-state index contributed by atoms with van der Waals surface area (Å²) in [6.45, 7) is 4.00. The molecule has 0 bridgehead atoms. The lowest BCUT2D eigenvalue weighted by molar-refractivity contribution is 0.0936. The van der Waals surface area contributed by atoms with Gasteiger partial charge < -0.3 is 5.32 Å². The third kappa shape index (κ3) is 4.88. The van der Waals surface area contributed by atoms with Gasteiger partial charge in [0.2, 0.25) is 0 Å². The second kappa shape index (κ2) is 9.42. The number of benzene rings is 3. The van der Waals surface area contributed by atoms with Crippen LogP contribution in [-0.2, 0) is 10.0 Å². The molecular formula is C26H27N3O3S. The van der Waals surface area contributed by atoms with Gasteiger partial charge in [0.05, 0.1) is 22.8 Å². The van der Waals surface area contributed by atoms with Gasteiger partial charge in [0.1, 0.15) is 4.90 Å². The lowest BCUT2D eigenvalue weighted by atomic mass is 10.0. The highest BCUT2D eigenvalue weighted by Crippen LogP contribution is 2.26. The predicted molar refractivity (Wildman–Crippen MR) is 133 cm³/mol. The Kier molecular flexibility index (Phi) is 6.42. The molecule has 7 heteroatoms. The number of pyridine rings is 1. The molecule has 0 saturated heterocycles. The van der Waals surface area contributed by atoms with E-state index in [-0.39, 0.29) is 29.5 Å². The van der Waals surface area contributed by atoms with Crippen LogP contribution in [0.5, 0.6) is 0 Å². The van der Waals surface area contributed by atoms with Gasteiger partial charge in [-0.1, -0.05) is 67.1 Å². The minimum absolute atomic E-state index is 0. The van der Waals surface area contributed by atoms with Crippen LogP contribution in [0.1, 0.15) is 42.3 Å². The molecule has 0 spiro atoms. The third-order valence-corrected chi connectivity index (χ3v) is 6.89. The summed E-state index contributed by atoms with van der Waals surface area (Å²) in [6, 6.07) is 22.9. The van der Waals surface area contributed by atoms with E-state index in [2.05, 4.69) is 15.0 Å². The number of aromatic nitrogens is 1. The number of carbonyl (C=O) groups excluding carboxylic acids is 1. The van der Waals surface area contributed by atoms with Gasteiger partial charge in [-0.2, -0.15) is 0 Å². The number of carbonyl (C=O) groups is 1. The summed E-state index contributed by atoms with van der Waals surface area (Å²) < 4.78 is 29.1. The Balaban J connectivity index is 0.00000324. The van der Waals surface area contributed by atoms with Crippen LogP contribution in [-0.4, -0.2) is 19.3 Å². The average molecular weight is 462 g/mol. The molecule has 4 rings (SSSR count). The van der Waals surface area contributed by atoms with Crippen LogP contribution in [0.3, 0.4) is 0 Å². The number of anilines is 1. The molecule has 2 N–H and O–H groups in total. The number of sulfonamides is 1. The molecule has 0 radical (unpaired) electrons. The highest BCUT2D eigenvalue weighted by Gasteiger charge is 2.22. The SMILES string of the molecule is CCC(NC(=O)c1ccccc1NS(=O)(=O)c1cccc2cccnc12)c1ccc(C)cc1.[HH]. The van der Waals surface area contributed by atoms with Crippen LogP contribution < -0.4 is 10.0 Å². The zero-order chi connectivity index (χ0) is 23.4. The minimum Gasteiger partial charge on any atom is -0.345 e. The van der Waals surface area contributed by atoms with Crippen molar-refractivity contribution in [3.63, 3.8) is 0 Å². The lowest BCUT2D eigenvalue weighted by Gasteiger charge is -2.19. The van der Waals surface area contributed by atoms with Gasteiger partial charge in [0, 0.05) is 13.0 Å². The number of para-hydroxylation sites is 2. The number of rotatable bonds is 7. The fraction of sp³-hybridized carbons (Fsp3) is 0.154. The number of nitrogens with zero attached hydrogens (tertiary/aromatic N) is 1. The maximum Gasteiger partial charge on any atom is 0.264 e. The van der Waals surface area contributed by atoms with Crippen LogP contribution in [0.15, 0.2) is 90.0 Å². The Hall–Kier alpha value is -3.71. The number of nitrogens with one attached hydrogen (secondary N) is 2. The smallest absolute Gasteiger partial charge is 0.264 e.